The second kappa shape index (κ2) is 8.48. The van der Waals surface area contributed by atoms with Gasteiger partial charge in [-0.3, -0.25) is 13.8 Å². The summed E-state index contributed by atoms with van der Waals surface area (Å²) in [5.74, 6) is -3.51. The highest BCUT2D eigenvalue weighted by Crippen LogP contribution is 2.11. The summed E-state index contributed by atoms with van der Waals surface area (Å²) >= 11 is 0. The second-order valence-electron chi connectivity index (χ2n) is 5.20. The van der Waals surface area contributed by atoms with E-state index in [1.807, 2.05) is 0 Å². The predicted molar refractivity (Wildman–Crippen MR) is 89.1 cm³/mol. The maximum atomic E-state index is 13.6. The smallest absolute Gasteiger partial charge is 0.254 e. The quantitative estimate of drug-likeness (QED) is 0.782. The second-order valence-corrected chi connectivity index (χ2v) is 6.77. The number of halogens is 2. The highest BCUT2D eigenvalue weighted by Gasteiger charge is 2.22. The van der Waals surface area contributed by atoms with Gasteiger partial charge in [-0.1, -0.05) is 18.2 Å². The first-order chi connectivity index (χ1) is 11.9. The zero-order valence-electron chi connectivity index (χ0n) is 13.1. The summed E-state index contributed by atoms with van der Waals surface area (Å²) in [5.41, 5.74) is 4.84. The Labute approximate surface area is 145 Å². The normalized spacial score (nSPS) is 13.0. The van der Waals surface area contributed by atoms with Gasteiger partial charge in [-0.15, -0.1) is 0 Å². The van der Waals surface area contributed by atoms with E-state index < -0.39 is 45.9 Å². The van der Waals surface area contributed by atoms with Gasteiger partial charge in [0.15, 0.2) is 0 Å². The summed E-state index contributed by atoms with van der Waals surface area (Å²) in [7, 11) is -1.37. The minimum absolute atomic E-state index is 0.0192. The van der Waals surface area contributed by atoms with Crippen LogP contribution >= 0.6 is 0 Å². The summed E-state index contributed by atoms with van der Waals surface area (Å²) in [4.78, 5) is 24.1. The van der Waals surface area contributed by atoms with Crippen molar-refractivity contribution in [1.82, 2.24) is 5.32 Å². The molecule has 0 unspecified atom stereocenters. The van der Waals surface area contributed by atoms with Crippen LogP contribution in [0.1, 0.15) is 16.8 Å². The van der Waals surface area contributed by atoms with Crippen molar-refractivity contribution in [2.45, 2.75) is 17.4 Å². The predicted octanol–water partition coefficient (Wildman–Crippen LogP) is 1.75. The van der Waals surface area contributed by atoms with Crippen LogP contribution in [0.25, 0.3) is 0 Å². The van der Waals surface area contributed by atoms with E-state index in [4.69, 9.17) is 5.73 Å². The largest absolute Gasteiger partial charge is 0.368 e. The summed E-state index contributed by atoms with van der Waals surface area (Å²) in [5, 5.41) is 2.29. The molecule has 0 aliphatic carbocycles. The maximum absolute atomic E-state index is 13.6. The number of hydrogen-bond acceptors (Lipinski definition) is 3. The first-order valence-corrected chi connectivity index (χ1v) is 8.69. The Morgan fingerprint density at radius 2 is 1.80 bits per heavy atom. The van der Waals surface area contributed by atoms with Crippen molar-refractivity contribution >= 4 is 22.6 Å². The Morgan fingerprint density at radius 3 is 2.40 bits per heavy atom. The van der Waals surface area contributed by atoms with Crippen molar-refractivity contribution in [1.29, 1.82) is 0 Å². The maximum Gasteiger partial charge on any atom is 0.254 e. The number of rotatable bonds is 7. The fraction of sp³-hybridized carbons (Fsp3) is 0.176. The lowest BCUT2D eigenvalue weighted by Gasteiger charge is -2.15. The molecule has 0 radical (unpaired) electrons. The number of carbonyl (C=O) groups excluding carboxylic acids is 2. The molecule has 2 rings (SSSR count). The fourth-order valence-electron chi connectivity index (χ4n) is 2.11. The van der Waals surface area contributed by atoms with Gasteiger partial charge in [0.05, 0.1) is 16.4 Å². The summed E-state index contributed by atoms with van der Waals surface area (Å²) < 4.78 is 38.7. The van der Waals surface area contributed by atoms with Crippen molar-refractivity contribution in [3.63, 3.8) is 0 Å². The van der Waals surface area contributed by atoms with Crippen LogP contribution in [0.4, 0.5) is 8.78 Å². The van der Waals surface area contributed by atoms with E-state index in [2.05, 4.69) is 5.32 Å². The van der Waals surface area contributed by atoms with E-state index in [0.717, 1.165) is 12.1 Å². The molecule has 0 bridgehead atoms. The number of primary amides is 1. The first-order valence-electron chi connectivity index (χ1n) is 7.37. The van der Waals surface area contributed by atoms with Crippen molar-refractivity contribution in [3.8, 4) is 0 Å². The van der Waals surface area contributed by atoms with Gasteiger partial charge in [-0.25, -0.2) is 8.78 Å². The lowest BCUT2D eigenvalue weighted by Crippen LogP contribution is -2.45. The Hall–Kier alpha value is -2.61. The van der Waals surface area contributed by atoms with Gasteiger partial charge in [-0.05, 0) is 30.7 Å². The number of nitrogens with one attached hydrogen (secondary N) is 1. The molecule has 0 saturated carbocycles. The van der Waals surface area contributed by atoms with E-state index in [9.17, 15) is 22.6 Å². The molecule has 2 amide bonds. The standard InChI is InChI=1S/C17H16F2N2O3S/c18-11-6-7-13(14(19)10-11)17(23)21-15(16(20)22)8-9-25(24)12-4-2-1-3-5-12/h1-7,10,15H,8-9H2,(H2,20,22)(H,21,23)/t15-,25+/m0/s1. The number of hydrogen-bond donors (Lipinski definition) is 2. The van der Waals surface area contributed by atoms with E-state index in [0.29, 0.717) is 11.0 Å². The van der Waals surface area contributed by atoms with Crippen LogP contribution in [0.2, 0.25) is 0 Å². The van der Waals surface area contributed by atoms with E-state index >= 15 is 0 Å². The van der Waals surface area contributed by atoms with E-state index in [1.54, 1.807) is 30.3 Å². The van der Waals surface area contributed by atoms with Gasteiger partial charge in [-0.2, -0.15) is 0 Å². The Kier molecular flexibility index (Phi) is 6.35. The fourth-order valence-corrected chi connectivity index (χ4v) is 3.26. The monoisotopic (exact) mass is 366 g/mol. The average Bonchev–Trinajstić information content (AvgIpc) is 2.58. The zero-order chi connectivity index (χ0) is 18.4. The molecule has 8 heteroatoms. The summed E-state index contributed by atoms with van der Waals surface area (Å²) in [6.45, 7) is 0. The third-order valence-electron chi connectivity index (χ3n) is 3.42. The molecule has 5 nitrogen and oxygen atoms in total. The lowest BCUT2D eigenvalue weighted by molar-refractivity contribution is -0.119. The molecule has 2 atom stereocenters. The van der Waals surface area contributed by atoms with Gasteiger partial charge in [0.1, 0.15) is 17.7 Å². The molecular weight excluding hydrogens is 350 g/mol. The SMILES string of the molecule is NC(=O)[C@H](CC[S@@](=O)c1ccccc1)NC(=O)c1ccc(F)cc1F. The average molecular weight is 366 g/mol. The zero-order valence-corrected chi connectivity index (χ0v) is 13.9. The minimum atomic E-state index is -1.37. The van der Waals surface area contributed by atoms with E-state index in [1.165, 1.54) is 0 Å². The molecule has 25 heavy (non-hydrogen) atoms. The van der Waals surface area contributed by atoms with Crippen molar-refractivity contribution in [2.24, 2.45) is 5.73 Å². The van der Waals surface area contributed by atoms with Gasteiger partial charge >= 0.3 is 0 Å². The van der Waals surface area contributed by atoms with Crippen molar-refractivity contribution in [2.75, 3.05) is 5.75 Å². The molecule has 2 aromatic carbocycles. The molecule has 0 spiro atoms. The Morgan fingerprint density at radius 1 is 1.12 bits per heavy atom. The van der Waals surface area contributed by atoms with Gasteiger partial charge < -0.3 is 11.1 Å². The van der Waals surface area contributed by atoms with Crippen LogP contribution in [0.5, 0.6) is 0 Å². The van der Waals surface area contributed by atoms with Gasteiger partial charge in [0.2, 0.25) is 5.91 Å². The van der Waals surface area contributed by atoms with Crippen LogP contribution < -0.4 is 11.1 Å². The van der Waals surface area contributed by atoms with Crippen LogP contribution in [-0.2, 0) is 15.6 Å². The molecule has 0 saturated heterocycles. The van der Waals surface area contributed by atoms with E-state index in [-0.39, 0.29) is 12.2 Å². The lowest BCUT2D eigenvalue weighted by atomic mass is 10.1. The van der Waals surface area contributed by atoms with Crippen LogP contribution in [-0.4, -0.2) is 27.8 Å². The first kappa shape index (κ1) is 18.7. The molecule has 2 aromatic rings. The molecule has 0 aliphatic heterocycles. The summed E-state index contributed by atoms with van der Waals surface area (Å²) in [6.07, 6.45) is 0.0192. The van der Waals surface area contributed by atoms with Crippen LogP contribution in [0.3, 0.4) is 0 Å². The van der Waals surface area contributed by atoms with Crippen LogP contribution in [0, 0.1) is 11.6 Å². The molecule has 0 aliphatic rings. The Bertz CT molecular complexity index is 800. The highest BCUT2D eigenvalue weighted by atomic mass is 32.2. The molecule has 0 heterocycles. The Balaban J connectivity index is 2.02. The number of nitrogens with two attached hydrogens (primary N) is 1. The van der Waals surface area contributed by atoms with Crippen molar-refractivity contribution in [3.05, 3.63) is 65.7 Å². The molecule has 132 valence electrons. The number of amides is 2. The minimum Gasteiger partial charge on any atom is -0.368 e. The van der Waals surface area contributed by atoms with Gasteiger partial charge in [0, 0.05) is 16.7 Å². The third-order valence-corrected chi connectivity index (χ3v) is 4.83. The molecule has 0 aromatic heterocycles. The topological polar surface area (TPSA) is 89.3 Å². The molecule has 0 fully saturated rings. The summed E-state index contributed by atoms with van der Waals surface area (Å²) in [6, 6.07) is 9.97. The van der Waals surface area contributed by atoms with Crippen molar-refractivity contribution < 1.29 is 22.6 Å². The van der Waals surface area contributed by atoms with Crippen LogP contribution in [0.15, 0.2) is 53.4 Å². The number of benzene rings is 2. The highest BCUT2D eigenvalue weighted by molar-refractivity contribution is 7.85. The number of carbonyl (C=O) groups is 2. The third kappa shape index (κ3) is 5.18. The molecule has 3 N–H and O–H groups in total. The molecular formula is C17H16F2N2O3S. The van der Waals surface area contributed by atoms with Gasteiger partial charge in [0.25, 0.3) is 5.91 Å².